The van der Waals surface area contributed by atoms with Gasteiger partial charge in [-0.15, -0.1) is 0 Å². The molecule has 0 aromatic heterocycles. The molecule has 0 radical (unpaired) electrons. The molecular weight excluding hydrogens is 302 g/mol. The average Bonchev–Trinajstić information content (AvgIpc) is 3.08. The van der Waals surface area contributed by atoms with Gasteiger partial charge in [0.2, 0.25) is 11.8 Å². The van der Waals surface area contributed by atoms with Crippen LogP contribution < -0.4 is 10.6 Å². The molecule has 0 heterocycles. The second-order valence-corrected chi connectivity index (χ2v) is 6.56. The highest BCUT2D eigenvalue weighted by molar-refractivity contribution is 5.88. The van der Waals surface area contributed by atoms with Crippen LogP contribution in [0.4, 0.5) is 5.69 Å². The van der Waals surface area contributed by atoms with Crippen LogP contribution >= 0.6 is 0 Å². The highest BCUT2D eigenvalue weighted by Crippen LogP contribution is 2.23. The van der Waals surface area contributed by atoms with E-state index in [1.54, 1.807) is 0 Å². The van der Waals surface area contributed by atoms with E-state index in [-0.39, 0.29) is 11.8 Å². The highest BCUT2D eigenvalue weighted by atomic mass is 16.2. The Labute approximate surface area is 144 Å². The molecule has 0 spiro atoms. The van der Waals surface area contributed by atoms with Gasteiger partial charge >= 0.3 is 0 Å². The second kappa shape index (κ2) is 9.42. The van der Waals surface area contributed by atoms with E-state index in [0.29, 0.717) is 19.1 Å². The van der Waals surface area contributed by atoms with Gasteiger partial charge in [0.25, 0.3) is 0 Å². The fourth-order valence-corrected chi connectivity index (χ4v) is 3.30. The minimum atomic E-state index is -0.0843. The molecule has 1 aliphatic carbocycles. The Kier molecular flexibility index (Phi) is 7.25. The number of hydrogen-bond acceptors (Lipinski definition) is 3. The normalized spacial score (nSPS) is 14.8. The maximum atomic E-state index is 12.3. The number of hydrogen-bond donors (Lipinski definition) is 2. The van der Waals surface area contributed by atoms with Crippen LogP contribution in [0.3, 0.4) is 0 Å². The summed E-state index contributed by atoms with van der Waals surface area (Å²) in [5.74, 6) is 0.000249. The van der Waals surface area contributed by atoms with Gasteiger partial charge in [0, 0.05) is 25.2 Å². The van der Waals surface area contributed by atoms with E-state index < -0.39 is 0 Å². The predicted molar refractivity (Wildman–Crippen MR) is 96.7 cm³/mol. The molecule has 2 N–H and O–H groups in total. The van der Waals surface area contributed by atoms with Crippen LogP contribution in [-0.2, 0) is 16.1 Å². The molecule has 1 aliphatic rings. The topological polar surface area (TPSA) is 61.4 Å². The van der Waals surface area contributed by atoms with Crippen LogP contribution in [-0.4, -0.2) is 35.8 Å². The van der Waals surface area contributed by atoms with Crippen molar-refractivity contribution in [3.05, 3.63) is 29.8 Å². The smallest absolute Gasteiger partial charge is 0.234 e. The molecular formula is C19H29N3O2. The standard InChI is InChI=1S/C19H29N3O2/c1-3-12-22(18-6-4-5-7-18)14-19(24)20-13-16-8-10-17(11-9-16)21-15(2)23/h8-11,18H,3-7,12-14H2,1-2H3,(H,20,24)(H,21,23). The molecule has 2 rings (SSSR count). The van der Waals surface area contributed by atoms with E-state index in [1.807, 2.05) is 24.3 Å². The zero-order valence-corrected chi connectivity index (χ0v) is 14.8. The maximum Gasteiger partial charge on any atom is 0.234 e. The lowest BCUT2D eigenvalue weighted by molar-refractivity contribution is -0.123. The number of amides is 2. The maximum absolute atomic E-state index is 12.3. The minimum absolute atomic E-state index is 0.0843. The van der Waals surface area contributed by atoms with Crippen molar-refractivity contribution in [2.45, 2.75) is 58.5 Å². The summed E-state index contributed by atoms with van der Waals surface area (Å²) in [6.45, 7) is 5.65. The number of nitrogens with one attached hydrogen (secondary N) is 2. The Balaban J connectivity index is 1.79. The Bertz CT molecular complexity index is 536. The van der Waals surface area contributed by atoms with Crippen molar-refractivity contribution in [1.29, 1.82) is 0 Å². The number of carbonyl (C=O) groups excluding carboxylic acids is 2. The largest absolute Gasteiger partial charge is 0.351 e. The van der Waals surface area contributed by atoms with Gasteiger partial charge < -0.3 is 10.6 Å². The summed E-state index contributed by atoms with van der Waals surface area (Å²) in [6.07, 6.45) is 6.09. The summed E-state index contributed by atoms with van der Waals surface area (Å²) in [7, 11) is 0. The van der Waals surface area contributed by atoms with Crippen molar-refractivity contribution in [3.8, 4) is 0 Å². The van der Waals surface area contributed by atoms with Crippen molar-refractivity contribution in [3.63, 3.8) is 0 Å². The quantitative estimate of drug-likeness (QED) is 0.770. The van der Waals surface area contributed by atoms with Crippen LogP contribution in [0, 0.1) is 0 Å². The van der Waals surface area contributed by atoms with E-state index in [4.69, 9.17) is 0 Å². The summed E-state index contributed by atoms with van der Waals surface area (Å²) in [5, 5.41) is 5.74. The van der Waals surface area contributed by atoms with Gasteiger partial charge in [0.05, 0.1) is 6.54 Å². The van der Waals surface area contributed by atoms with Crippen LogP contribution in [0.15, 0.2) is 24.3 Å². The third-order valence-corrected chi connectivity index (χ3v) is 4.46. The van der Waals surface area contributed by atoms with Crippen LogP contribution in [0.1, 0.15) is 51.5 Å². The third kappa shape index (κ3) is 5.96. The van der Waals surface area contributed by atoms with Gasteiger partial charge in [0.15, 0.2) is 0 Å². The van der Waals surface area contributed by atoms with Crippen molar-refractivity contribution < 1.29 is 9.59 Å². The fraction of sp³-hybridized carbons (Fsp3) is 0.579. The van der Waals surface area contributed by atoms with Crippen molar-refractivity contribution in [1.82, 2.24) is 10.2 Å². The van der Waals surface area contributed by atoms with Gasteiger partial charge in [-0.05, 0) is 43.5 Å². The van der Waals surface area contributed by atoms with Gasteiger partial charge in [0.1, 0.15) is 0 Å². The SMILES string of the molecule is CCCN(CC(=O)NCc1ccc(NC(C)=O)cc1)C1CCCC1. The van der Waals surface area contributed by atoms with Crippen LogP contribution in [0.25, 0.3) is 0 Å². The number of anilines is 1. The number of carbonyl (C=O) groups is 2. The molecule has 5 nitrogen and oxygen atoms in total. The Morgan fingerprint density at radius 1 is 1.17 bits per heavy atom. The van der Waals surface area contributed by atoms with Gasteiger partial charge in [-0.2, -0.15) is 0 Å². The molecule has 1 saturated carbocycles. The molecule has 1 aromatic rings. The highest BCUT2D eigenvalue weighted by Gasteiger charge is 2.23. The Hall–Kier alpha value is -1.88. The van der Waals surface area contributed by atoms with E-state index in [9.17, 15) is 9.59 Å². The number of nitrogens with zero attached hydrogens (tertiary/aromatic N) is 1. The Morgan fingerprint density at radius 3 is 2.42 bits per heavy atom. The first kappa shape index (κ1) is 18.5. The van der Waals surface area contributed by atoms with Gasteiger partial charge in [-0.25, -0.2) is 0 Å². The molecule has 0 unspecified atom stereocenters. The molecule has 0 atom stereocenters. The van der Waals surface area contributed by atoms with Crippen molar-refractivity contribution in [2.24, 2.45) is 0 Å². The summed E-state index contributed by atoms with van der Waals surface area (Å²) < 4.78 is 0. The van der Waals surface area contributed by atoms with Crippen molar-refractivity contribution in [2.75, 3.05) is 18.4 Å². The van der Waals surface area contributed by atoms with Crippen LogP contribution in [0.2, 0.25) is 0 Å². The zero-order valence-electron chi connectivity index (χ0n) is 14.8. The van der Waals surface area contributed by atoms with E-state index in [1.165, 1.54) is 32.6 Å². The molecule has 0 aliphatic heterocycles. The van der Waals surface area contributed by atoms with Crippen LogP contribution in [0.5, 0.6) is 0 Å². The zero-order chi connectivity index (χ0) is 17.4. The molecule has 0 saturated heterocycles. The van der Waals surface area contributed by atoms with E-state index in [2.05, 4.69) is 22.5 Å². The summed E-state index contributed by atoms with van der Waals surface area (Å²) >= 11 is 0. The molecule has 1 aromatic carbocycles. The summed E-state index contributed by atoms with van der Waals surface area (Å²) in [5.41, 5.74) is 1.80. The van der Waals surface area contributed by atoms with E-state index >= 15 is 0 Å². The first-order valence-corrected chi connectivity index (χ1v) is 8.95. The molecule has 5 heteroatoms. The summed E-state index contributed by atoms with van der Waals surface area (Å²) in [6, 6.07) is 8.13. The lowest BCUT2D eigenvalue weighted by Gasteiger charge is -2.27. The third-order valence-electron chi connectivity index (χ3n) is 4.46. The first-order valence-electron chi connectivity index (χ1n) is 8.95. The Morgan fingerprint density at radius 2 is 1.83 bits per heavy atom. The van der Waals surface area contributed by atoms with Gasteiger partial charge in [-0.1, -0.05) is 31.9 Å². The van der Waals surface area contributed by atoms with Gasteiger partial charge in [-0.3, -0.25) is 14.5 Å². The lowest BCUT2D eigenvalue weighted by Crippen LogP contribution is -2.42. The first-order chi connectivity index (χ1) is 11.6. The monoisotopic (exact) mass is 331 g/mol. The van der Waals surface area contributed by atoms with E-state index in [0.717, 1.165) is 24.2 Å². The number of rotatable bonds is 8. The molecule has 1 fully saturated rings. The minimum Gasteiger partial charge on any atom is -0.351 e. The predicted octanol–water partition coefficient (Wildman–Crippen LogP) is 2.92. The fourth-order valence-electron chi connectivity index (χ4n) is 3.30. The molecule has 132 valence electrons. The van der Waals surface area contributed by atoms with Crippen molar-refractivity contribution >= 4 is 17.5 Å². The summed E-state index contributed by atoms with van der Waals surface area (Å²) in [4.78, 5) is 25.6. The average molecular weight is 331 g/mol. The molecule has 24 heavy (non-hydrogen) atoms. The molecule has 2 amide bonds. The molecule has 0 bridgehead atoms. The number of benzene rings is 1. The lowest BCUT2D eigenvalue weighted by atomic mass is 10.2. The second-order valence-electron chi connectivity index (χ2n) is 6.56.